The second-order valence-corrected chi connectivity index (χ2v) is 10.9. The fourth-order valence-corrected chi connectivity index (χ4v) is 5.49. The normalized spacial score (nSPS) is 15.5. The third-order valence-electron chi connectivity index (χ3n) is 7.36. The van der Waals surface area contributed by atoms with E-state index in [1.807, 2.05) is 42.5 Å². The highest BCUT2D eigenvalue weighted by molar-refractivity contribution is 6.32. The number of hydrogen-bond acceptors (Lipinski definition) is 7. The number of nitrogens with zero attached hydrogens (tertiary/aromatic N) is 7. The Labute approximate surface area is 254 Å². The molecule has 4 heterocycles. The number of aromatic nitrogens is 4. The van der Waals surface area contributed by atoms with Gasteiger partial charge in [-0.1, -0.05) is 48.4 Å². The van der Waals surface area contributed by atoms with Gasteiger partial charge < -0.3 is 10.6 Å². The number of anilines is 6. The Balaban J connectivity index is 1.28. The van der Waals surface area contributed by atoms with Crippen molar-refractivity contribution >= 4 is 58.1 Å². The summed E-state index contributed by atoms with van der Waals surface area (Å²) in [6, 6.07) is 16.3. The van der Waals surface area contributed by atoms with Gasteiger partial charge in [-0.25, -0.2) is 14.7 Å². The predicted molar refractivity (Wildman–Crippen MR) is 168 cm³/mol. The summed E-state index contributed by atoms with van der Waals surface area (Å²) in [4.78, 5) is 41.6. The first-order chi connectivity index (χ1) is 20.9. The van der Waals surface area contributed by atoms with E-state index >= 15 is 0 Å². The first kappa shape index (κ1) is 28.4. The van der Waals surface area contributed by atoms with Crippen LogP contribution in [-0.2, 0) is 18.4 Å². The van der Waals surface area contributed by atoms with Crippen molar-refractivity contribution in [2.24, 2.45) is 7.05 Å². The summed E-state index contributed by atoms with van der Waals surface area (Å²) in [5.41, 5.74) is 3.15. The van der Waals surface area contributed by atoms with Gasteiger partial charge in [0.15, 0.2) is 11.0 Å². The van der Waals surface area contributed by atoms with E-state index in [9.17, 15) is 9.59 Å². The highest BCUT2D eigenvalue weighted by Crippen LogP contribution is 2.37. The van der Waals surface area contributed by atoms with Crippen LogP contribution in [0.4, 0.5) is 39.3 Å². The lowest BCUT2D eigenvalue weighted by molar-refractivity contribution is -0.111. The number of piperidine rings is 1. The number of benzene rings is 2. The molecule has 11 nitrogen and oxygen atoms in total. The molecule has 4 aromatic rings. The lowest BCUT2D eigenvalue weighted by atomic mass is 10.1. The molecule has 2 aromatic carbocycles. The average Bonchev–Trinajstić information content (AvgIpc) is 3.33. The molecule has 2 aliphatic rings. The summed E-state index contributed by atoms with van der Waals surface area (Å²) in [5, 5.41) is 10.4. The van der Waals surface area contributed by atoms with E-state index < -0.39 is 0 Å². The molecule has 2 N–H and O–H groups in total. The van der Waals surface area contributed by atoms with E-state index in [0.29, 0.717) is 29.4 Å². The number of amides is 3. The number of aryl methyl sites for hydroxylation is 1. The zero-order chi connectivity index (χ0) is 29.8. The number of para-hydroxylation sites is 1. The van der Waals surface area contributed by atoms with Gasteiger partial charge in [-0.2, -0.15) is 10.1 Å². The number of rotatable bonds is 8. The monoisotopic (exact) mass is 597 g/mol. The van der Waals surface area contributed by atoms with Crippen LogP contribution in [0.15, 0.2) is 79.1 Å². The molecule has 220 valence electrons. The molecule has 0 unspecified atom stereocenters. The third kappa shape index (κ3) is 6.52. The fourth-order valence-electron chi connectivity index (χ4n) is 5.28. The topological polar surface area (TPSA) is 112 Å². The number of hydrogen-bond donors (Lipinski definition) is 2. The maximum Gasteiger partial charge on any atom is 0.335 e. The molecule has 0 bridgehead atoms. The smallest absolute Gasteiger partial charge is 0.322 e. The van der Waals surface area contributed by atoms with Crippen LogP contribution in [0, 0.1) is 0 Å². The summed E-state index contributed by atoms with van der Waals surface area (Å²) in [7, 11) is 1.76. The van der Waals surface area contributed by atoms with Crippen molar-refractivity contribution in [1.29, 1.82) is 0 Å². The summed E-state index contributed by atoms with van der Waals surface area (Å²) in [6.07, 6.45) is 10.6. The van der Waals surface area contributed by atoms with Crippen LogP contribution < -0.4 is 20.4 Å². The second kappa shape index (κ2) is 12.6. The molecule has 2 aromatic heterocycles. The highest BCUT2D eigenvalue weighted by atomic mass is 35.5. The number of fused-ring (bicyclic) bond motifs is 1. The lowest BCUT2D eigenvalue weighted by Gasteiger charge is -2.36. The van der Waals surface area contributed by atoms with Crippen LogP contribution in [0.5, 0.6) is 0 Å². The molecule has 2 aliphatic heterocycles. The summed E-state index contributed by atoms with van der Waals surface area (Å²) in [6.45, 7) is 3.17. The SMILES string of the molecule is Cn1cc(Nc2ncc3c(n2)N(c2cccc(NC(=O)/C=C/CN4CCCCC4)c2)C(=O)N(c2ccccc2)C3)c(Cl)n1. The van der Waals surface area contributed by atoms with Crippen molar-refractivity contribution in [3.63, 3.8) is 0 Å². The Kier molecular flexibility index (Phi) is 8.34. The van der Waals surface area contributed by atoms with Crippen LogP contribution in [0.3, 0.4) is 0 Å². The minimum absolute atomic E-state index is 0.229. The quantitative estimate of drug-likeness (QED) is 0.244. The Morgan fingerprint density at radius 2 is 1.84 bits per heavy atom. The van der Waals surface area contributed by atoms with Gasteiger partial charge >= 0.3 is 6.03 Å². The van der Waals surface area contributed by atoms with Crippen molar-refractivity contribution < 1.29 is 9.59 Å². The summed E-state index contributed by atoms with van der Waals surface area (Å²) < 4.78 is 1.58. The molecule has 3 amide bonds. The Morgan fingerprint density at radius 3 is 2.60 bits per heavy atom. The largest absolute Gasteiger partial charge is 0.335 e. The van der Waals surface area contributed by atoms with Gasteiger partial charge in [0, 0.05) is 49.0 Å². The van der Waals surface area contributed by atoms with E-state index in [1.54, 1.807) is 53.3 Å². The minimum Gasteiger partial charge on any atom is -0.322 e. The number of carbonyl (C=O) groups is 2. The maximum atomic E-state index is 14.1. The number of nitrogens with one attached hydrogen (secondary N) is 2. The van der Waals surface area contributed by atoms with Gasteiger partial charge in [0.1, 0.15) is 0 Å². The average molecular weight is 598 g/mol. The van der Waals surface area contributed by atoms with E-state index in [1.165, 1.54) is 24.2 Å². The van der Waals surface area contributed by atoms with Crippen LogP contribution in [0.1, 0.15) is 24.8 Å². The molecule has 1 fully saturated rings. The van der Waals surface area contributed by atoms with Gasteiger partial charge in [-0.15, -0.1) is 0 Å². The van der Waals surface area contributed by atoms with Gasteiger partial charge in [0.05, 0.1) is 17.9 Å². The number of likely N-dealkylation sites (tertiary alicyclic amines) is 1. The molecule has 12 heteroatoms. The molecule has 1 saturated heterocycles. The summed E-state index contributed by atoms with van der Waals surface area (Å²) >= 11 is 6.24. The van der Waals surface area contributed by atoms with Crippen LogP contribution in [0.2, 0.25) is 5.15 Å². The van der Waals surface area contributed by atoms with E-state index in [4.69, 9.17) is 16.6 Å². The summed E-state index contributed by atoms with van der Waals surface area (Å²) in [5.74, 6) is 0.468. The molecule has 0 saturated carbocycles. The van der Waals surface area contributed by atoms with Crippen LogP contribution >= 0.6 is 11.6 Å². The zero-order valence-corrected chi connectivity index (χ0v) is 24.5. The van der Waals surface area contributed by atoms with Crippen molar-refractivity contribution in [2.75, 3.05) is 40.1 Å². The van der Waals surface area contributed by atoms with Crippen molar-refractivity contribution in [3.05, 3.63) is 89.9 Å². The first-order valence-corrected chi connectivity index (χ1v) is 14.6. The molecular weight excluding hydrogens is 566 g/mol. The Hall–Kier alpha value is -4.74. The molecule has 0 atom stereocenters. The van der Waals surface area contributed by atoms with E-state index in [-0.39, 0.29) is 23.0 Å². The fraction of sp³-hybridized carbons (Fsp3) is 0.258. The van der Waals surface area contributed by atoms with Crippen LogP contribution in [0.25, 0.3) is 0 Å². The van der Waals surface area contributed by atoms with E-state index in [2.05, 4.69) is 25.6 Å². The first-order valence-electron chi connectivity index (χ1n) is 14.2. The van der Waals surface area contributed by atoms with Crippen molar-refractivity contribution in [2.45, 2.75) is 25.8 Å². The van der Waals surface area contributed by atoms with Crippen molar-refractivity contribution in [1.82, 2.24) is 24.6 Å². The van der Waals surface area contributed by atoms with Gasteiger partial charge in [0.25, 0.3) is 0 Å². The van der Waals surface area contributed by atoms with Crippen molar-refractivity contribution in [3.8, 4) is 0 Å². The van der Waals surface area contributed by atoms with Gasteiger partial charge in [0.2, 0.25) is 11.9 Å². The Morgan fingerprint density at radius 1 is 1.05 bits per heavy atom. The van der Waals surface area contributed by atoms with Gasteiger partial charge in [-0.05, 0) is 56.3 Å². The molecule has 0 radical (unpaired) electrons. The Bertz CT molecular complexity index is 1650. The molecule has 6 rings (SSSR count). The number of carbonyl (C=O) groups excluding carboxylic acids is 2. The standard InChI is InChI=1S/C31H32ClN9O2/c1-38-21-26(28(32)37-38)35-30-33-19-22-20-40(24-11-4-2-5-12-24)31(43)41(29(22)36-30)25-13-8-10-23(18-25)34-27(42)14-9-17-39-15-6-3-7-16-39/h2,4-5,8-14,18-19,21H,3,6-7,15-17,20H2,1H3,(H,34,42)(H,33,35,36)/b14-9+. The molecule has 0 spiro atoms. The molecule has 43 heavy (non-hydrogen) atoms. The zero-order valence-electron chi connectivity index (χ0n) is 23.8. The van der Waals surface area contributed by atoms with E-state index in [0.717, 1.165) is 30.9 Å². The lowest BCUT2D eigenvalue weighted by Crippen LogP contribution is -2.45. The third-order valence-corrected chi connectivity index (χ3v) is 7.63. The maximum absolute atomic E-state index is 14.1. The number of halogens is 1. The minimum atomic E-state index is -0.285. The molecular formula is C31H32ClN9O2. The number of urea groups is 1. The van der Waals surface area contributed by atoms with Crippen LogP contribution in [-0.4, -0.2) is 56.2 Å². The molecule has 0 aliphatic carbocycles. The predicted octanol–water partition coefficient (Wildman–Crippen LogP) is 5.87. The highest BCUT2D eigenvalue weighted by Gasteiger charge is 2.34. The van der Waals surface area contributed by atoms with Gasteiger partial charge in [-0.3, -0.25) is 19.3 Å². The second-order valence-electron chi connectivity index (χ2n) is 10.5.